The molecule has 0 radical (unpaired) electrons. The third kappa shape index (κ3) is 2.56. The zero-order chi connectivity index (χ0) is 12.1. The summed E-state index contributed by atoms with van der Waals surface area (Å²) in [5.74, 6) is -0.534. The molecule has 0 bridgehead atoms. The Morgan fingerprint density at radius 2 is 2.12 bits per heavy atom. The van der Waals surface area contributed by atoms with Gasteiger partial charge >= 0.3 is 5.97 Å². The largest absolute Gasteiger partial charge is 0.462 e. The lowest BCUT2D eigenvalue weighted by Gasteiger charge is -2.04. The van der Waals surface area contributed by atoms with Gasteiger partial charge in [-0.2, -0.15) is 0 Å². The first-order valence-electron chi connectivity index (χ1n) is 5.04. The fourth-order valence-electron chi connectivity index (χ4n) is 1.37. The van der Waals surface area contributed by atoms with Crippen LogP contribution >= 0.6 is 0 Å². The zero-order valence-corrected chi connectivity index (χ0v) is 9.23. The number of hydrogen-bond acceptors (Lipinski definition) is 4. The number of ether oxygens (including phenoxy) is 1. The first-order valence-corrected chi connectivity index (χ1v) is 5.04. The first kappa shape index (κ1) is 12.2. The molecular weight excluding hydrogens is 210 g/mol. The van der Waals surface area contributed by atoms with E-state index in [0.29, 0.717) is 12.0 Å². The van der Waals surface area contributed by atoms with Crippen molar-refractivity contribution in [2.24, 2.45) is 0 Å². The topological polar surface area (TPSA) is 69.4 Å². The van der Waals surface area contributed by atoms with Gasteiger partial charge in [0.1, 0.15) is 0 Å². The van der Waals surface area contributed by atoms with E-state index in [1.165, 1.54) is 6.07 Å². The van der Waals surface area contributed by atoms with Crippen molar-refractivity contribution in [3.05, 3.63) is 39.4 Å². The van der Waals surface area contributed by atoms with E-state index >= 15 is 0 Å². The van der Waals surface area contributed by atoms with Crippen LogP contribution < -0.4 is 0 Å². The fraction of sp³-hybridized carbons (Fsp3) is 0.364. The monoisotopic (exact) mass is 223 g/mol. The van der Waals surface area contributed by atoms with Crippen LogP contribution in [0.25, 0.3) is 0 Å². The SMILES string of the molecule is CCOC(=O)c1ccc(CC)c([N+](=O)[O-])c1. The molecule has 16 heavy (non-hydrogen) atoms. The predicted octanol–water partition coefficient (Wildman–Crippen LogP) is 2.33. The highest BCUT2D eigenvalue weighted by atomic mass is 16.6. The molecule has 86 valence electrons. The standard InChI is InChI=1S/C11H13NO4/c1-3-8-5-6-9(11(13)16-4-2)7-10(8)12(14)15/h5-7H,3-4H2,1-2H3. The minimum Gasteiger partial charge on any atom is -0.462 e. The molecule has 0 fully saturated rings. The molecule has 1 rings (SSSR count). The van der Waals surface area contributed by atoms with E-state index in [1.807, 2.05) is 6.92 Å². The molecule has 0 aliphatic carbocycles. The molecule has 1 aromatic carbocycles. The quantitative estimate of drug-likeness (QED) is 0.446. The molecule has 0 heterocycles. The van der Waals surface area contributed by atoms with Crippen molar-refractivity contribution in [3.8, 4) is 0 Å². The molecule has 0 unspecified atom stereocenters. The van der Waals surface area contributed by atoms with E-state index in [2.05, 4.69) is 0 Å². The summed E-state index contributed by atoms with van der Waals surface area (Å²) in [6.45, 7) is 3.77. The Balaban J connectivity index is 3.11. The molecule has 0 spiro atoms. The summed E-state index contributed by atoms with van der Waals surface area (Å²) in [5.41, 5.74) is 0.789. The Labute approximate surface area is 93.2 Å². The number of esters is 1. The highest BCUT2D eigenvalue weighted by Crippen LogP contribution is 2.21. The third-order valence-electron chi connectivity index (χ3n) is 2.17. The fourth-order valence-corrected chi connectivity index (χ4v) is 1.37. The lowest BCUT2D eigenvalue weighted by atomic mass is 10.1. The van der Waals surface area contributed by atoms with Gasteiger partial charge in [-0.3, -0.25) is 10.1 Å². The number of benzene rings is 1. The van der Waals surface area contributed by atoms with Crippen LogP contribution in [0.1, 0.15) is 29.8 Å². The summed E-state index contributed by atoms with van der Waals surface area (Å²) < 4.78 is 4.77. The van der Waals surface area contributed by atoms with Crippen molar-refractivity contribution >= 4 is 11.7 Å². The Kier molecular flexibility index (Phi) is 3.99. The predicted molar refractivity (Wildman–Crippen MR) is 58.4 cm³/mol. The summed E-state index contributed by atoms with van der Waals surface area (Å²) in [4.78, 5) is 21.7. The smallest absolute Gasteiger partial charge is 0.338 e. The molecule has 0 saturated heterocycles. The zero-order valence-electron chi connectivity index (χ0n) is 9.23. The van der Waals surface area contributed by atoms with E-state index in [4.69, 9.17) is 4.74 Å². The number of rotatable bonds is 4. The summed E-state index contributed by atoms with van der Waals surface area (Å²) in [6.07, 6.45) is 0.555. The van der Waals surface area contributed by atoms with Gasteiger partial charge in [0.25, 0.3) is 5.69 Å². The molecule has 0 saturated carbocycles. The molecule has 5 nitrogen and oxygen atoms in total. The van der Waals surface area contributed by atoms with Gasteiger partial charge in [0.15, 0.2) is 0 Å². The van der Waals surface area contributed by atoms with E-state index in [0.717, 1.165) is 0 Å². The number of nitrogens with zero attached hydrogens (tertiary/aromatic N) is 1. The van der Waals surface area contributed by atoms with Crippen LogP contribution in [0.3, 0.4) is 0 Å². The van der Waals surface area contributed by atoms with Crippen molar-refractivity contribution in [2.45, 2.75) is 20.3 Å². The molecule has 0 amide bonds. The maximum atomic E-state index is 11.4. The van der Waals surface area contributed by atoms with Gasteiger partial charge in [-0.1, -0.05) is 13.0 Å². The molecular formula is C11H13NO4. The number of hydrogen-bond donors (Lipinski definition) is 0. The molecule has 0 atom stereocenters. The van der Waals surface area contributed by atoms with Gasteiger partial charge in [0.2, 0.25) is 0 Å². The van der Waals surface area contributed by atoms with Crippen molar-refractivity contribution in [1.29, 1.82) is 0 Å². The molecule has 5 heteroatoms. The number of aryl methyl sites for hydroxylation is 1. The average molecular weight is 223 g/mol. The Hall–Kier alpha value is -1.91. The Morgan fingerprint density at radius 1 is 1.44 bits per heavy atom. The van der Waals surface area contributed by atoms with Crippen molar-refractivity contribution in [2.75, 3.05) is 6.61 Å². The van der Waals surface area contributed by atoms with E-state index in [-0.39, 0.29) is 17.9 Å². The number of nitro groups is 1. The van der Waals surface area contributed by atoms with E-state index in [1.54, 1.807) is 19.1 Å². The summed E-state index contributed by atoms with van der Waals surface area (Å²) >= 11 is 0. The van der Waals surface area contributed by atoms with Gasteiger partial charge in [-0.15, -0.1) is 0 Å². The lowest BCUT2D eigenvalue weighted by molar-refractivity contribution is -0.385. The van der Waals surface area contributed by atoms with Crippen LogP contribution in [0.2, 0.25) is 0 Å². The molecule has 0 aliphatic heterocycles. The highest BCUT2D eigenvalue weighted by Gasteiger charge is 2.16. The highest BCUT2D eigenvalue weighted by molar-refractivity contribution is 5.90. The second-order valence-electron chi connectivity index (χ2n) is 3.17. The summed E-state index contributed by atoms with van der Waals surface area (Å²) in [7, 11) is 0. The second-order valence-corrected chi connectivity index (χ2v) is 3.17. The number of nitro benzene ring substituents is 1. The maximum absolute atomic E-state index is 11.4. The molecule has 0 aliphatic rings. The second kappa shape index (κ2) is 5.25. The van der Waals surface area contributed by atoms with Crippen LogP contribution in [-0.4, -0.2) is 17.5 Å². The van der Waals surface area contributed by atoms with Gasteiger partial charge in [0.05, 0.1) is 17.1 Å². The minimum absolute atomic E-state index is 0.0342. The van der Waals surface area contributed by atoms with Crippen LogP contribution in [0.5, 0.6) is 0 Å². The third-order valence-corrected chi connectivity index (χ3v) is 2.17. The van der Waals surface area contributed by atoms with Gasteiger partial charge in [-0.05, 0) is 19.4 Å². The molecule has 1 aromatic rings. The molecule has 0 N–H and O–H groups in total. The number of carbonyl (C=O) groups is 1. The van der Waals surface area contributed by atoms with E-state index < -0.39 is 10.9 Å². The average Bonchev–Trinajstić information content (AvgIpc) is 2.28. The van der Waals surface area contributed by atoms with E-state index in [9.17, 15) is 14.9 Å². The maximum Gasteiger partial charge on any atom is 0.338 e. The van der Waals surface area contributed by atoms with Gasteiger partial charge < -0.3 is 4.74 Å². The van der Waals surface area contributed by atoms with Crippen LogP contribution in [0.4, 0.5) is 5.69 Å². The summed E-state index contributed by atoms with van der Waals surface area (Å²) in [6, 6.07) is 4.39. The van der Waals surface area contributed by atoms with Crippen LogP contribution in [0, 0.1) is 10.1 Å². The lowest BCUT2D eigenvalue weighted by Crippen LogP contribution is -2.06. The van der Waals surface area contributed by atoms with Crippen molar-refractivity contribution in [3.63, 3.8) is 0 Å². The van der Waals surface area contributed by atoms with Gasteiger partial charge in [-0.25, -0.2) is 4.79 Å². The minimum atomic E-state index is -0.534. The Morgan fingerprint density at radius 3 is 2.62 bits per heavy atom. The van der Waals surface area contributed by atoms with Crippen LogP contribution in [-0.2, 0) is 11.2 Å². The normalized spacial score (nSPS) is 9.88. The number of carbonyl (C=O) groups excluding carboxylic acids is 1. The summed E-state index contributed by atoms with van der Waals surface area (Å²) in [5, 5.41) is 10.8. The molecule has 0 aromatic heterocycles. The van der Waals surface area contributed by atoms with Crippen molar-refractivity contribution in [1.82, 2.24) is 0 Å². The van der Waals surface area contributed by atoms with Crippen LogP contribution in [0.15, 0.2) is 18.2 Å². The first-order chi connectivity index (χ1) is 7.60. The van der Waals surface area contributed by atoms with Crippen molar-refractivity contribution < 1.29 is 14.5 Å². The Bertz CT molecular complexity index is 414. The van der Waals surface area contributed by atoms with Gasteiger partial charge in [0, 0.05) is 11.6 Å².